The Labute approximate surface area is 164 Å². The van der Waals surface area contributed by atoms with Crippen molar-refractivity contribution < 1.29 is 13.5 Å². The summed E-state index contributed by atoms with van der Waals surface area (Å²) in [6.07, 6.45) is 3.21. The van der Waals surface area contributed by atoms with Gasteiger partial charge in [0.25, 0.3) is 10.0 Å². The van der Waals surface area contributed by atoms with Gasteiger partial charge in [0.2, 0.25) is 0 Å². The highest BCUT2D eigenvalue weighted by atomic mass is 32.2. The van der Waals surface area contributed by atoms with Gasteiger partial charge in [-0.25, -0.2) is 18.1 Å². The highest BCUT2D eigenvalue weighted by molar-refractivity contribution is 7.89. The molecule has 148 valence electrons. The van der Waals surface area contributed by atoms with Crippen molar-refractivity contribution in [1.29, 1.82) is 0 Å². The Bertz CT molecular complexity index is 1010. The van der Waals surface area contributed by atoms with Crippen LogP contribution in [0.5, 0.6) is 0 Å². The van der Waals surface area contributed by atoms with Crippen LogP contribution in [-0.4, -0.2) is 35.7 Å². The summed E-state index contributed by atoms with van der Waals surface area (Å²) in [5.41, 5.74) is 9.76. The van der Waals surface area contributed by atoms with Crippen LogP contribution in [-0.2, 0) is 30.0 Å². The SMILES string of the molecule is Cn1cnc(S(=O)(=O)N[C@@H](CO)Cc2ccc(-c3ccc(CN)cc3)cc2)c1. The van der Waals surface area contributed by atoms with Crippen molar-refractivity contribution in [1.82, 2.24) is 14.3 Å². The molecular formula is C20H24N4O3S. The Kier molecular flexibility index (Phi) is 6.25. The molecule has 0 fully saturated rings. The van der Waals surface area contributed by atoms with Crippen molar-refractivity contribution >= 4 is 10.0 Å². The fourth-order valence-corrected chi connectivity index (χ4v) is 4.11. The third-order valence-electron chi connectivity index (χ3n) is 4.46. The number of hydrogen-bond donors (Lipinski definition) is 3. The Morgan fingerprint density at radius 3 is 2.11 bits per heavy atom. The smallest absolute Gasteiger partial charge is 0.259 e. The lowest BCUT2D eigenvalue weighted by Gasteiger charge is -2.16. The standard InChI is InChI=1S/C20H24N4O3S/c1-24-12-20(22-14-24)28(26,27)23-19(13-25)10-15-2-6-17(7-3-15)18-8-4-16(11-21)5-9-18/h2-9,12,14,19,23,25H,10-11,13,21H2,1H3/t19-/m1/s1. The van der Waals surface area contributed by atoms with Crippen molar-refractivity contribution in [3.63, 3.8) is 0 Å². The van der Waals surface area contributed by atoms with Gasteiger partial charge in [-0.1, -0.05) is 48.5 Å². The number of hydrogen-bond acceptors (Lipinski definition) is 5. The molecular weight excluding hydrogens is 376 g/mol. The lowest BCUT2D eigenvalue weighted by Crippen LogP contribution is -2.39. The summed E-state index contributed by atoms with van der Waals surface area (Å²) < 4.78 is 28.9. The van der Waals surface area contributed by atoms with Gasteiger partial charge >= 0.3 is 0 Å². The summed E-state index contributed by atoms with van der Waals surface area (Å²) in [4.78, 5) is 3.86. The molecule has 0 radical (unpaired) electrons. The van der Waals surface area contributed by atoms with E-state index in [9.17, 15) is 13.5 Å². The summed E-state index contributed by atoms with van der Waals surface area (Å²) in [5, 5.41) is 9.56. The van der Waals surface area contributed by atoms with Crippen LogP contribution in [0.1, 0.15) is 11.1 Å². The number of aliphatic hydroxyl groups excluding tert-OH is 1. The minimum absolute atomic E-state index is 0.0651. The Morgan fingerprint density at radius 2 is 1.64 bits per heavy atom. The third-order valence-corrected chi connectivity index (χ3v) is 5.86. The maximum Gasteiger partial charge on any atom is 0.259 e. The topological polar surface area (TPSA) is 110 Å². The van der Waals surface area contributed by atoms with Crippen LogP contribution in [0.25, 0.3) is 11.1 Å². The minimum Gasteiger partial charge on any atom is -0.395 e. The van der Waals surface area contributed by atoms with E-state index in [4.69, 9.17) is 5.73 Å². The number of nitrogens with two attached hydrogens (primary N) is 1. The first-order valence-electron chi connectivity index (χ1n) is 8.91. The Morgan fingerprint density at radius 1 is 1.07 bits per heavy atom. The number of imidazole rings is 1. The maximum atomic E-state index is 12.4. The summed E-state index contributed by atoms with van der Waals surface area (Å²) in [7, 11) is -2.09. The van der Waals surface area contributed by atoms with Crippen molar-refractivity contribution in [2.24, 2.45) is 12.8 Å². The van der Waals surface area contributed by atoms with Gasteiger partial charge < -0.3 is 15.4 Å². The van der Waals surface area contributed by atoms with Gasteiger partial charge in [0.1, 0.15) is 0 Å². The predicted molar refractivity (Wildman–Crippen MR) is 108 cm³/mol. The second kappa shape index (κ2) is 8.66. The molecule has 0 saturated carbocycles. The fraction of sp³-hybridized carbons (Fsp3) is 0.250. The molecule has 1 heterocycles. The minimum atomic E-state index is -3.78. The molecule has 0 bridgehead atoms. The van der Waals surface area contributed by atoms with Crippen LogP contribution >= 0.6 is 0 Å². The van der Waals surface area contributed by atoms with Gasteiger partial charge in [-0.05, 0) is 28.7 Å². The molecule has 0 saturated heterocycles. The molecule has 0 spiro atoms. The van der Waals surface area contributed by atoms with E-state index in [1.807, 2.05) is 48.5 Å². The fourth-order valence-electron chi connectivity index (χ4n) is 2.90. The van der Waals surface area contributed by atoms with E-state index in [1.54, 1.807) is 11.6 Å². The normalized spacial score (nSPS) is 12.8. The van der Waals surface area contributed by atoms with E-state index in [2.05, 4.69) is 9.71 Å². The molecule has 7 nitrogen and oxygen atoms in total. The van der Waals surface area contributed by atoms with E-state index in [0.717, 1.165) is 22.3 Å². The molecule has 2 aromatic carbocycles. The molecule has 4 N–H and O–H groups in total. The van der Waals surface area contributed by atoms with Crippen molar-refractivity contribution in [2.75, 3.05) is 6.61 Å². The molecule has 0 aliphatic rings. The predicted octanol–water partition coefficient (Wildman–Crippen LogP) is 1.43. The zero-order valence-corrected chi connectivity index (χ0v) is 16.4. The average Bonchev–Trinajstić information content (AvgIpc) is 3.15. The van der Waals surface area contributed by atoms with Crippen LogP contribution in [0.4, 0.5) is 0 Å². The molecule has 0 aliphatic heterocycles. The lowest BCUT2D eigenvalue weighted by atomic mass is 10.0. The molecule has 8 heteroatoms. The monoisotopic (exact) mass is 400 g/mol. The van der Waals surface area contributed by atoms with E-state index >= 15 is 0 Å². The van der Waals surface area contributed by atoms with E-state index in [1.165, 1.54) is 12.5 Å². The van der Waals surface area contributed by atoms with Crippen molar-refractivity contribution in [2.45, 2.75) is 24.0 Å². The number of rotatable bonds is 8. The summed E-state index contributed by atoms with van der Waals surface area (Å²) >= 11 is 0. The molecule has 1 aromatic heterocycles. The summed E-state index contributed by atoms with van der Waals surface area (Å²) in [6, 6.07) is 15.2. The van der Waals surface area contributed by atoms with Crippen LogP contribution in [0.3, 0.4) is 0 Å². The van der Waals surface area contributed by atoms with Gasteiger partial charge in [0.15, 0.2) is 5.03 Å². The number of aryl methyl sites for hydroxylation is 1. The van der Waals surface area contributed by atoms with Gasteiger partial charge in [0, 0.05) is 25.8 Å². The number of sulfonamides is 1. The van der Waals surface area contributed by atoms with Crippen LogP contribution in [0.2, 0.25) is 0 Å². The number of aliphatic hydroxyl groups is 1. The molecule has 3 rings (SSSR count). The number of nitrogens with zero attached hydrogens (tertiary/aromatic N) is 2. The highest BCUT2D eigenvalue weighted by Gasteiger charge is 2.22. The molecule has 3 aromatic rings. The van der Waals surface area contributed by atoms with E-state index in [-0.39, 0.29) is 11.6 Å². The van der Waals surface area contributed by atoms with Crippen LogP contribution < -0.4 is 10.5 Å². The lowest BCUT2D eigenvalue weighted by molar-refractivity contribution is 0.256. The van der Waals surface area contributed by atoms with Crippen molar-refractivity contribution in [3.8, 4) is 11.1 Å². The number of aromatic nitrogens is 2. The van der Waals surface area contributed by atoms with Gasteiger partial charge in [-0.3, -0.25) is 0 Å². The molecule has 1 atom stereocenters. The van der Waals surface area contributed by atoms with Crippen LogP contribution in [0.15, 0.2) is 66.1 Å². The first-order chi connectivity index (χ1) is 13.4. The number of benzene rings is 2. The van der Waals surface area contributed by atoms with Crippen molar-refractivity contribution in [3.05, 3.63) is 72.2 Å². The first-order valence-corrected chi connectivity index (χ1v) is 10.4. The second-order valence-corrected chi connectivity index (χ2v) is 8.34. The maximum absolute atomic E-state index is 12.4. The summed E-state index contributed by atoms with van der Waals surface area (Å²) in [6.45, 7) is 0.199. The quantitative estimate of drug-likeness (QED) is 0.530. The highest BCUT2D eigenvalue weighted by Crippen LogP contribution is 2.21. The van der Waals surface area contributed by atoms with Gasteiger partial charge in [-0.15, -0.1) is 0 Å². The first kappa shape index (κ1) is 20.2. The third kappa shape index (κ3) is 4.85. The molecule has 0 amide bonds. The average molecular weight is 401 g/mol. The van der Waals surface area contributed by atoms with Gasteiger partial charge in [-0.2, -0.15) is 0 Å². The zero-order chi connectivity index (χ0) is 20.1. The Balaban J connectivity index is 1.69. The summed E-state index contributed by atoms with van der Waals surface area (Å²) in [5.74, 6) is 0. The number of nitrogens with one attached hydrogen (secondary N) is 1. The largest absolute Gasteiger partial charge is 0.395 e. The second-order valence-electron chi connectivity index (χ2n) is 6.68. The molecule has 28 heavy (non-hydrogen) atoms. The van der Waals surface area contributed by atoms with E-state index < -0.39 is 16.1 Å². The Hall–Kier alpha value is -2.52. The van der Waals surface area contributed by atoms with Gasteiger partial charge in [0.05, 0.1) is 12.9 Å². The molecule has 0 aliphatic carbocycles. The zero-order valence-electron chi connectivity index (χ0n) is 15.6. The van der Waals surface area contributed by atoms with Crippen LogP contribution in [0, 0.1) is 0 Å². The van der Waals surface area contributed by atoms with E-state index in [0.29, 0.717) is 13.0 Å². The molecule has 0 unspecified atom stereocenters.